The summed E-state index contributed by atoms with van der Waals surface area (Å²) < 4.78 is 0.898. The number of aromatic nitrogens is 1. The first kappa shape index (κ1) is 12.8. The molecule has 17 heavy (non-hydrogen) atoms. The van der Waals surface area contributed by atoms with E-state index in [1.165, 1.54) is 25.8 Å². The van der Waals surface area contributed by atoms with Crippen LogP contribution in [0.3, 0.4) is 0 Å². The van der Waals surface area contributed by atoms with Crippen molar-refractivity contribution in [2.45, 2.75) is 32.2 Å². The topological polar surface area (TPSA) is 28.2 Å². The predicted octanol–water partition coefficient (Wildman–Crippen LogP) is 3.05. The van der Waals surface area contributed by atoms with Crippen molar-refractivity contribution in [3.8, 4) is 0 Å². The summed E-state index contributed by atoms with van der Waals surface area (Å²) in [4.78, 5) is 6.85. The minimum Gasteiger partial charge on any atom is -0.382 e. The molecule has 0 spiro atoms. The summed E-state index contributed by atoms with van der Waals surface area (Å²) in [6.07, 6.45) is 3.99. The largest absolute Gasteiger partial charge is 0.382 e. The lowest BCUT2D eigenvalue weighted by Crippen LogP contribution is -2.40. The van der Waals surface area contributed by atoms with Crippen molar-refractivity contribution in [2.75, 3.05) is 25.5 Å². The summed E-state index contributed by atoms with van der Waals surface area (Å²) in [6.45, 7) is 4.28. The zero-order valence-electron chi connectivity index (χ0n) is 10.5. The minimum atomic E-state index is 0.659. The van der Waals surface area contributed by atoms with Crippen LogP contribution in [0.5, 0.6) is 0 Å². The maximum absolute atomic E-state index is 4.40. The Morgan fingerprint density at radius 3 is 3.00 bits per heavy atom. The molecule has 1 aromatic heterocycles. The van der Waals surface area contributed by atoms with Crippen LogP contribution in [-0.4, -0.2) is 36.1 Å². The molecule has 1 fully saturated rings. The van der Waals surface area contributed by atoms with Gasteiger partial charge in [-0.25, -0.2) is 4.98 Å². The Morgan fingerprint density at radius 1 is 1.47 bits per heavy atom. The molecule has 0 saturated carbocycles. The van der Waals surface area contributed by atoms with Gasteiger partial charge in [0.2, 0.25) is 0 Å². The van der Waals surface area contributed by atoms with Gasteiger partial charge in [0.15, 0.2) is 0 Å². The summed E-state index contributed by atoms with van der Waals surface area (Å²) in [6, 6.07) is 4.74. The summed E-state index contributed by atoms with van der Waals surface area (Å²) in [5, 5.41) is 3.52. The molecular formula is C13H20BrN3. The van der Waals surface area contributed by atoms with Gasteiger partial charge in [0.05, 0.1) is 11.4 Å². The van der Waals surface area contributed by atoms with Crippen molar-refractivity contribution < 1.29 is 0 Å². The van der Waals surface area contributed by atoms with Crippen LogP contribution in [0.4, 0.5) is 5.69 Å². The summed E-state index contributed by atoms with van der Waals surface area (Å²) in [7, 11) is 2.22. The lowest BCUT2D eigenvalue weighted by Gasteiger charge is -2.32. The van der Waals surface area contributed by atoms with E-state index in [2.05, 4.69) is 44.2 Å². The van der Waals surface area contributed by atoms with E-state index in [-0.39, 0.29) is 0 Å². The highest BCUT2D eigenvalue weighted by Gasteiger charge is 2.18. The van der Waals surface area contributed by atoms with Crippen LogP contribution in [0.15, 0.2) is 16.7 Å². The number of piperidine rings is 1. The Bertz CT molecular complexity index is 381. The van der Waals surface area contributed by atoms with Gasteiger partial charge in [-0.05, 0) is 61.4 Å². The van der Waals surface area contributed by atoms with Crippen molar-refractivity contribution in [1.29, 1.82) is 0 Å². The summed E-state index contributed by atoms with van der Waals surface area (Å²) >= 11 is 3.39. The Hall–Kier alpha value is -0.610. The average Bonchev–Trinajstić information content (AvgIpc) is 2.30. The van der Waals surface area contributed by atoms with E-state index in [1.54, 1.807) is 0 Å². The van der Waals surface area contributed by atoms with Crippen LogP contribution in [0, 0.1) is 6.92 Å². The van der Waals surface area contributed by atoms with Gasteiger partial charge in [0.1, 0.15) is 4.60 Å². The molecule has 2 rings (SSSR count). The maximum Gasteiger partial charge on any atom is 0.106 e. The number of likely N-dealkylation sites (N-methyl/N-ethyl adjacent to an activating group) is 1. The lowest BCUT2D eigenvalue weighted by molar-refractivity contribution is 0.194. The van der Waals surface area contributed by atoms with E-state index in [9.17, 15) is 0 Å². The standard InChI is InChI=1S/C13H20BrN3/c1-10-12(6-7-13(14)16-10)15-9-11-5-3-4-8-17(11)2/h6-7,11,15H,3-5,8-9H2,1-2H3. The van der Waals surface area contributed by atoms with E-state index in [1.807, 2.05) is 13.0 Å². The van der Waals surface area contributed by atoms with Crippen LogP contribution >= 0.6 is 15.9 Å². The van der Waals surface area contributed by atoms with Crippen LogP contribution in [0.1, 0.15) is 25.0 Å². The zero-order chi connectivity index (χ0) is 12.3. The van der Waals surface area contributed by atoms with Crippen molar-refractivity contribution in [3.05, 3.63) is 22.4 Å². The number of halogens is 1. The minimum absolute atomic E-state index is 0.659. The van der Waals surface area contributed by atoms with Crippen molar-refractivity contribution in [2.24, 2.45) is 0 Å². The molecule has 3 nitrogen and oxygen atoms in total. The second-order valence-corrected chi connectivity index (χ2v) is 5.59. The number of nitrogens with zero attached hydrogens (tertiary/aromatic N) is 2. The second-order valence-electron chi connectivity index (χ2n) is 4.78. The third-order valence-corrected chi connectivity index (χ3v) is 3.94. The lowest BCUT2D eigenvalue weighted by atomic mass is 10.0. The zero-order valence-corrected chi connectivity index (χ0v) is 12.1. The highest BCUT2D eigenvalue weighted by atomic mass is 79.9. The van der Waals surface area contributed by atoms with Crippen molar-refractivity contribution in [1.82, 2.24) is 9.88 Å². The molecular weight excluding hydrogens is 278 g/mol. The molecule has 1 atom stereocenters. The predicted molar refractivity (Wildman–Crippen MR) is 75.4 cm³/mol. The molecule has 0 radical (unpaired) electrons. The normalized spacial score (nSPS) is 21.5. The van der Waals surface area contributed by atoms with Crippen LogP contribution < -0.4 is 5.32 Å². The average molecular weight is 298 g/mol. The molecule has 4 heteroatoms. The van der Waals surface area contributed by atoms with Gasteiger partial charge in [-0.1, -0.05) is 6.42 Å². The second kappa shape index (κ2) is 5.83. The molecule has 0 amide bonds. The highest BCUT2D eigenvalue weighted by molar-refractivity contribution is 9.10. The van der Waals surface area contributed by atoms with Gasteiger partial charge in [-0.3, -0.25) is 0 Å². The first-order chi connectivity index (χ1) is 8.16. The molecule has 1 aliphatic rings. The van der Waals surface area contributed by atoms with Gasteiger partial charge in [-0.15, -0.1) is 0 Å². The number of hydrogen-bond donors (Lipinski definition) is 1. The van der Waals surface area contributed by atoms with Crippen LogP contribution in [0.25, 0.3) is 0 Å². The fraction of sp³-hybridized carbons (Fsp3) is 0.615. The summed E-state index contributed by atoms with van der Waals surface area (Å²) in [5.41, 5.74) is 2.20. The number of hydrogen-bond acceptors (Lipinski definition) is 3. The smallest absolute Gasteiger partial charge is 0.106 e. The third kappa shape index (κ3) is 3.42. The number of nitrogens with one attached hydrogen (secondary N) is 1. The fourth-order valence-electron chi connectivity index (χ4n) is 2.35. The number of likely N-dealkylation sites (tertiary alicyclic amines) is 1. The quantitative estimate of drug-likeness (QED) is 0.869. The molecule has 1 aliphatic heterocycles. The van der Waals surface area contributed by atoms with Gasteiger partial charge >= 0.3 is 0 Å². The Labute approximate surface area is 112 Å². The molecule has 1 unspecified atom stereocenters. The SMILES string of the molecule is Cc1nc(Br)ccc1NCC1CCCCN1C. The monoisotopic (exact) mass is 297 g/mol. The van der Waals surface area contributed by atoms with E-state index < -0.39 is 0 Å². The molecule has 0 bridgehead atoms. The Kier molecular flexibility index (Phi) is 4.40. The number of aryl methyl sites for hydroxylation is 1. The van der Waals surface area contributed by atoms with Crippen LogP contribution in [0.2, 0.25) is 0 Å². The van der Waals surface area contributed by atoms with Gasteiger partial charge in [-0.2, -0.15) is 0 Å². The molecule has 94 valence electrons. The number of anilines is 1. The molecule has 2 heterocycles. The van der Waals surface area contributed by atoms with Crippen molar-refractivity contribution in [3.63, 3.8) is 0 Å². The molecule has 1 saturated heterocycles. The maximum atomic E-state index is 4.40. The van der Waals surface area contributed by atoms with Crippen LogP contribution in [-0.2, 0) is 0 Å². The summed E-state index contributed by atoms with van der Waals surface area (Å²) in [5.74, 6) is 0. The van der Waals surface area contributed by atoms with Gasteiger partial charge in [0, 0.05) is 12.6 Å². The van der Waals surface area contributed by atoms with Gasteiger partial charge in [0.25, 0.3) is 0 Å². The molecule has 1 N–H and O–H groups in total. The van der Waals surface area contributed by atoms with E-state index in [4.69, 9.17) is 0 Å². The Morgan fingerprint density at radius 2 is 2.29 bits per heavy atom. The van der Waals surface area contributed by atoms with Gasteiger partial charge < -0.3 is 10.2 Å². The Balaban J connectivity index is 1.92. The first-order valence-corrected chi connectivity index (χ1v) is 7.03. The number of pyridine rings is 1. The van der Waals surface area contributed by atoms with Crippen molar-refractivity contribution >= 4 is 21.6 Å². The highest BCUT2D eigenvalue weighted by Crippen LogP contribution is 2.19. The van der Waals surface area contributed by atoms with E-state index >= 15 is 0 Å². The third-order valence-electron chi connectivity index (χ3n) is 3.50. The molecule has 0 aliphatic carbocycles. The molecule has 1 aromatic rings. The first-order valence-electron chi connectivity index (χ1n) is 6.24. The van der Waals surface area contributed by atoms with E-state index in [0.29, 0.717) is 6.04 Å². The van der Waals surface area contributed by atoms with E-state index in [0.717, 1.165) is 22.5 Å². The number of rotatable bonds is 3. The molecule has 0 aromatic carbocycles. The fourth-order valence-corrected chi connectivity index (χ4v) is 2.75.